The summed E-state index contributed by atoms with van der Waals surface area (Å²) in [6.07, 6.45) is 3.62. The molecular formula is C12H12N2O3. The largest absolute Gasteiger partial charge is 0.507 e. The molecule has 0 radical (unpaired) electrons. The Balaban J connectivity index is 2.45. The zero-order chi connectivity index (χ0) is 12.4. The van der Waals surface area contributed by atoms with E-state index in [1.165, 1.54) is 6.07 Å². The number of aromatic carboxylic acids is 1. The minimum absolute atomic E-state index is 0.0786. The lowest BCUT2D eigenvalue weighted by atomic mass is 9.99. The second-order valence-corrected chi connectivity index (χ2v) is 3.82. The van der Waals surface area contributed by atoms with Gasteiger partial charge in [0, 0.05) is 23.9 Å². The Bertz CT molecular complexity index is 547. The van der Waals surface area contributed by atoms with Crippen molar-refractivity contribution < 1.29 is 15.0 Å². The van der Waals surface area contributed by atoms with Crippen LogP contribution in [-0.2, 0) is 6.42 Å². The second kappa shape index (κ2) is 4.29. The summed E-state index contributed by atoms with van der Waals surface area (Å²) in [7, 11) is 0. The number of hydrogen-bond acceptors (Lipinski definition) is 3. The second-order valence-electron chi connectivity index (χ2n) is 3.82. The van der Waals surface area contributed by atoms with Crippen LogP contribution < -0.4 is 0 Å². The molecule has 0 unspecified atom stereocenters. The highest BCUT2D eigenvalue weighted by Crippen LogP contribution is 2.27. The standard InChI is InChI=1S/C12H12N2O3/c1-7-2-3-9(12(16)17)11(15)10(7)4-8-5-13-6-14-8/h2-3,5-6,15H,4H2,1H3,(H,13,14)(H,16,17). The summed E-state index contributed by atoms with van der Waals surface area (Å²) in [6, 6.07) is 3.10. The van der Waals surface area contributed by atoms with E-state index in [0.29, 0.717) is 12.0 Å². The average molecular weight is 232 g/mol. The van der Waals surface area contributed by atoms with Crippen LogP contribution in [0.5, 0.6) is 5.75 Å². The molecule has 1 aromatic heterocycles. The van der Waals surface area contributed by atoms with E-state index in [1.54, 1.807) is 18.6 Å². The highest BCUT2D eigenvalue weighted by Gasteiger charge is 2.15. The Morgan fingerprint density at radius 2 is 2.24 bits per heavy atom. The number of hydrogen-bond donors (Lipinski definition) is 3. The number of H-pyrrole nitrogens is 1. The molecule has 0 spiro atoms. The third-order valence-electron chi connectivity index (χ3n) is 2.67. The first-order valence-electron chi connectivity index (χ1n) is 5.11. The fourth-order valence-corrected chi connectivity index (χ4v) is 1.70. The molecule has 0 saturated carbocycles. The molecule has 2 aromatic rings. The molecule has 1 heterocycles. The number of nitrogens with zero attached hydrogens (tertiary/aromatic N) is 1. The van der Waals surface area contributed by atoms with Crippen molar-refractivity contribution in [3.05, 3.63) is 47.0 Å². The number of benzene rings is 1. The van der Waals surface area contributed by atoms with E-state index in [0.717, 1.165) is 11.3 Å². The van der Waals surface area contributed by atoms with Gasteiger partial charge >= 0.3 is 5.97 Å². The van der Waals surface area contributed by atoms with Gasteiger partial charge in [-0.15, -0.1) is 0 Å². The molecule has 0 atom stereocenters. The number of phenols is 1. The highest BCUT2D eigenvalue weighted by atomic mass is 16.4. The number of aromatic nitrogens is 2. The van der Waals surface area contributed by atoms with E-state index in [1.807, 2.05) is 6.92 Å². The molecule has 0 aliphatic carbocycles. The third-order valence-corrected chi connectivity index (χ3v) is 2.67. The molecule has 0 fully saturated rings. The molecule has 17 heavy (non-hydrogen) atoms. The van der Waals surface area contributed by atoms with Crippen molar-refractivity contribution >= 4 is 5.97 Å². The lowest BCUT2D eigenvalue weighted by Crippen LogP contribution is -2.01. The number of carboxylic acid groups (broad SMARTS) is 1. The average Bonchev–Trinajstić information content (AvgIpc) is 2.76. The van der Waals surface area contributed by atoms with Crippen LogP contribution in [0.2, 0.25) is 0 Å². The number of aromatic hydroxyl groups is 1. The van der Waals surface area contributed by atoms with Crippen LogP contribution in [0, 0.1) is 6.92 Å². The SMILES string of the molecule is Cc1ccc(C(=O)O)c(O)c1Cc1cnc[nH]1. The van der Waals surface area contributed by atoms with Crippen molar-refractivity contribution in [2.75, 3.05) is 0 Å². The van der Waals surface area contributed by atoms with E-state index < -0.39 is 5.97 Å². The van der Waals surface area contributed by atoms with E-state index >= 15 is 0 Å². The first-order valence-corrected chi connectivity index (χ1v) is 5.11. The van der Waals surface area contributed by atoms with Gasteiger partial charge in [-0.25, -0.2) is 9.78 Å². The summed E-state index contributed by atoms with van der Waals surface area (Å²) in [5.74, 6) is -1.31. The van der Waals surface area contributed by atoms with Gasteiger partial charge in [0.15, 0.2) is 0 Å². The molecule has 0 amide bonds. The number of aromatic amines is 1. The van der Waals surface area contributed by atoms with Gasteiger partial charge in [-0.3, -0.25) is 0 Å². The molecular weight excluding hydrogens is 220 g/mol. The summed E-state index contributed by atoms with van der Waals surface area (Å²) in [4.78, 5) is 17.7. The van der Waals surface area contributed by atoms with Crippen LogP contribution in [0.25, 0.3) is 0 Å². The number of imidazole rings is 1. The number of nitrogens with one attached hydrogen (secondary N) is 1. The van der Waals surface area contributed by atoms with Crippen LogP contribution in [0.4, 0.5) is 0 Å². The van der Waals surface area contributed by atoms with Crippen molar-refractivity contribution in [1.29, 1.82) is 0 Å². The van der Waals surface area contributed by atoms with Gasteiger partial charge < -0.3 is 15.2 Å². The molecule has 0 saturated heterocycles. The Morgan fingerprint density at radius 1 is 1.47 bits per heavy atom. The molecule has 5 nitrogen and oxygen atoms in total. The van der Waals surface area contributed by atoms with Crippen molar-refractivity contribution in [1.82, 2.24) is 9.97 Å². The third kappa shape index (κ3) is 2.13. The number of aryl methyl sites for hydroxylation is 1. The van der Waals surface area contributed by atoms with Gasteiger partial charge in [-0.05, 0) is 18.6 Å². The Morgan fingerprint density at radius 3 is 2.82 bits per heavy atom. The molecule has 0 aliphatic rings. The van der Waals surface area contributed by atoms with Crippen LogP contribution in [-0.4, -0.2) is 26.2 Å². The maximum absolute atomic E-state index is 10.9. The molecule has 0 aliphatic heterocycles. The number of rotatable bonds is 3. The number of carbonyl (C=O) groups is 1. The maximum Gasteiger partial charge on any atom is 0.339 e. The summed E-state index contributed by atoms with van der Waals surface area (Å²) in [5.41, 5.74) is 2.20. The minimum atomic E-state index is -1.13. The van der Waals surface area contributed by atoms with Crippen LogP contribution >= 0.6 is 0 Å². The van der Waals surface area contributed by atoms with Gasteiger partial charge in [0.05, 0.1) is 6.33 Å². The number of carboxylic acids is 1. The molecule has 5 heteroatoms. The smallest absolute Gasteiger partial charge is 0.339 e. The Hall–Kier alpha value is -2.30. The fraction of sp³-hybridized carbons (Fsp3) is 0.167. The van der Waals surface area contributed by atoms with Crippen molar-refractivity contribution in [2.45, 2.75) is 13.3 Å². The zero-order valence-electron chi connectivity index (χ0n) is 9.27. The molecule has 3 N–H and O–H groups in total. The van der Waals surface area contributed by atoms with Crippen molar-refractivity contribution in [2.24, 2.45) is 0 Å². The van der Waals surface area contributed by atoms with Gasteiger partial charge in [0.2, 0.25) is 0 Å². The van der Waals surface area contributed by atoms with E-state index in [9.17, 15) is 9.90 Å². The molecule has 1 aromatic carbocycles. The maximum atomic E-state index is 10.9. The van der Waals surface area contributed by atoms with E-state index in [-0.39, 0.29) is 11.3 Å². The summed E-state index contributed by atoms with van der Waals surface area (Å²) >= 11 is 0. The molecule has 88 valence electrons. The topological polar surface area (TPSA) is 86.2 Å². The predicted molar refractivity (Wildman–Crippen MR) is 61.2 cm³/mol. The first kappa shape index (κ1) is 11.2. The fourth-order valence-electron chi connectivity index (χ4n) is 1.70. The van der Waals surface area contributed by atoms with Crippen LogP contribution in [0.3, 0.4) is 0 Å². The highest BCUT2D eigenvalue weighted by molar-refractivity contribution is 5.91. The lowest BCUT2D eigenvalue weighted by Gasteiger charge is -2.09. The summed E-state index contributed by atoms with van der Waals surface area (Å²) in [5, 5.41) is 18.9. The van der Waals surface area contributed by atoms with Crippen molar-refractivity contribution in [3.8, 4) is 5.75 Å². The van der Waals surface area contributed by atoms with Crippen LogP contribution in [0.1, 0.15) is 27.2 Å². The summed E-state index contributed by atoms with van der Waals surface area (Å²) in [6.45, 7) is 1.83. The van der Waals surface area contributed by atoms with E-state index in [4.69, 9.17) is 5.11 Å². The van der Waals surface area contributed by atoms with Gasteiger partial charge in [0.25, 0.3) is 0 Å². The van der Waals surface area contributed by atoms with Gasteiger partial charge in [-0.2, -0.15) is 0 Å². The molecule has 0 bridgehead atoms. The lowest BCUT2D eigenvalue weighted by molar-refractivity contribution is 0.0693. The Labute approximate surface area is 97.8 Å². The first-order chi connectivity index (χ1) is 8.09. The molecule has 2 rings (SSSR count). The summed E-state index contributed by atoms with van der Waals surface area (Å²) < 4.78 is 0. The Kier molecular flexibility index (Phi) is 2.82. The predicted octanol–water partition coefficient (Wildman–Crippen LogP) is 1.71. The van der Waals surface area contributed by atoms with Crippen LogP contribution in [0.15, 0.2) is 24.7 Å². The van der Waals surface area contributed by atoms with Gasteiger partial charge in [-0.1, -0.05) is 6.07 Å². The monoisotopic (exact) mass is 232 g/mol. The van der Waals surface area contributed by atoms with E-state index in [2.05, 4.69) is 9.97 Å². The normalized spacial score (nSPS) is 10.4. The minimum Gasteiger partial charge on any atom is -0.507 e. The van der Waals surface area contributed by atoms with Crippen molar-refractivity contribution in [3.63, 3.8) is 0 Å². The quantitative estimate of drug-likeness (QED) is 0.751. The van der Waals surface area contributed by atoms with Gasteiger partial charge in [0.1, 0.15) is 11.3 Å². The zero-order valence-corrected chi connectivity index (χ0v) is 9.27.